The number of aliphatic imine (C=N–C) groups is 2. The minimum Gasteiger partial charge on any atom is -0.861 e. The molecule has 0 saturated carbocycles. The number of rotatable bonds is 6. The van der Waals surface area contributed by atoms with Crippen LogP contribution in [0.5, 0.6) is 0 Å². The molecule has 1 aliphatic heterocycles. The van der Waals surface area contributed by atoms with Crippen molar-refractivity contribution in [2.75, 3.05) is 10.7 Å². The third-order valence-electron chi connectivity index (χ3n) is 4.38. The van der Waals surface area contributed by atoms with Gasteiger partial charge in [-0.1, -0.05) is 58.4 Å². The number of anilines is 1. The fraction of sp³-hybridized carbons (Fsp3) is 0.136. The summed E-state index contributed by atoms with van der Waals surface area (Å²) in [5, 5.41) is 17.0. The molecule has 8 nitrogen and oxygen atoms in total. The first-order valence-corrected chi connectivity index (χ1v) is 11.1. The third kappa shape index (κ3) is 5.06. The average Bonchev–Trinajstić information content (AvgIpc) is 3.37. The number of aryl methyl sites for hydroxylation is 1. The molecule has 0 aliphatic carbocycles. The van der Waals surface area contributed by atoms with Crippen molar-refractivity contribution in [2.24, 2.45) is 9.98 Å². The van der Waals surface area contributed by atoms with Gasteiger partial charge in [-0.3, -0.25) is 14.2 Å². The fourth-order valence-corrected chi connectivity index (χ4v) is 3.90. The summed E-state index contributed by atoms with van der Waals surface area (Å²) in [5.74, 6) is -0.609. The molecule has 0 N–H and O–H groups in total. The van der Waals surface area contributed by atoms with E-state index in [1.165, 1.54) is 9.58 Å². The number of aromatic nitrogens is 2. The number of halogens is 1. The van der Waals surface area contributed by atoms with E-state index in [2.05, 4.69) is 15.3 Å². The summed E-state index contributed by atoms with van der Waals surface area (Å²) < 4.78 is 6.53. The Balaban J connectivity index is 1.59. The molecule has 162 valence electrons. The van der Waals surface area contributed by atoms with Gasteiger partial charge in [0.25, 0.3) is 12.1 Å². The maximum Gasteiger partial charge on any atom is 0.320 e. The fourth-order valence-electron chi connectivity index (χ4n) is 2.90. The van der Waals surface area contributed by atoms with Crippen LogP contribution in [0.25, 0.3) is 6.08 Å². The molecule has 0 bridgehead atoms. The number of hydrogen-bond acceptors (Lipinski definition) is 7. The number of amides is 1. The van der Waals surface area contributed by atoms with Gasteiger partial charge >= 0.3 is 5.88 Å². The zero-order valence-electron chi connectivity index (χ0n) is 17.0. The number of carbonyl (C=O) groups is 1. The summed E-state index contributed by atoms with van der Waals surface area (Å²) in [7, 11) is 0. The van der Waals surface area contributed by atoms with Crippen molar-refractivity contribution < 1.29 is 19.1 Å². The van der Waals surface area contributed by atoms with Gasteiger partial charge < -0.3 is 5.11 Å². The molecule has 32 heavy (non-hydrogen) atoms. The molecule has 1 aromatic heterocycles. The molecule has 0 spiro atoms. The van der Waals surface area contributed by atoms with Gasteiger partial charge in [0.2, 0.25) is 5.27 Å². The number of thioether (sulfide) groups is 1. The van der Waals surface area contributed by atoms with E-state index in [9.17, 15) is 9.90 Å². The lowest BCUT2D eigenvalue weighted by atomic mass is 10.2. The molecule has 4 rings (SSSR count). The Labute approximate surface area is 193 Å². The van der Waals surface area contributed by atoms with Crippen molar-refractivity contribution in [2.45, 2.75) is 13.5 Å². The summed E-state index contributed by atoms with van der Waals surface area (Å²) >= 11 is 7.18. The van der Waals surface area contributed by atoms with Crippen LogP contribution in [0.15, 0.2) is 81.0 Å². The van der Waals surface area contributed by atoms with Crippen LogP contribution in [-0.2, 0) is 11.3 Å². The maximum absolute atomic E-state index is 13.1. The Kier molecular flexibility index (Phi) is 6.67. The van der Waals surface area contributed by atoms with Gasteiger partial charge in [-0.25, -0.2) is 9.98 Å². The second-order valence-electron chi connectivity index (χ2n) is 6.65. The molecule has 0 fully saturated rings. The first-order valence-electron chi connectivity index (χ1n) is 9.73. The summed E-state index contributed by atoms with van der Waals surface area (Å²) in [6, 6.07) is 16.3. The molecule has 1 aliphatic rings. The molecule has 0 unspecified atom stereocenters. The summed E-state index contributed by atoms with van der Waals surface area (Å²) in [6.45, 7) is 2.50. The topological polar surface area (TPSA) is 98.0 Å². The molecule has 1 amide bonds. The van der Waals surface area contributed by atoms with Crippen LogP contribution in [0.3, 0.4) is 0 Å². The van der Waals surface area contributed by atoms with E-state index in [4.69, 9.17) is 16.1 Å². The van der Waals surface area contributed by atoms with Crippen LogP contribution in [0, 0.1) is 0 Å². The van der Waals surface area contributed by atoms with Crippen molar-refractivity contribution in [3.63, 3.8) is 0 Å². The summed E-state index contributed by atoms with van der Waals surface area (Å²) in [5.41, 5.74) is 1.66. The smallest absolute Gasteiger partial charge is 0.320 e. The van der Waals surface area contributed by atoms with E-state index >= 15 is 0 Å². The lowest BCUT2D eigenvalue weighted by molar-refractivity contribution is -0.759. The quantitative estimate of drug-likeness (QED) is 0.240. The molecule has 2 aromatic carbocycles. The van der Waals surface area contributed by atoms with E-state index in [1.54, 1.807) is 42.6 Å². The molecule has 3 aromatic rings. The van der Waals surface area contributed by atoms with Crippen LogP contribution in [0.1, 0.15) is 12.5 Å². The average molecular weight is 468 g/mol. The molecule has 10 heteroatoms. The minimum atomic E-state index is -0.426. The Morgan fingerprint density at radius 2 is 2.09 bits per heavy atom. The van der Waals surface area contributed by atoms with Crippen LogP contribution >= 0.6 is 23.4 Å². The number of nitrogens with zero attached hydrogens (tertiary/aromatic N) is 5. The molecular weight excluding hydrogens is 450 g/mol. The van der Waals surface area contributed by atoms with E-state index < -0.39 is 5.90 Å². The standard InChI is InChI=1S/C22H18ClN5O3S/c1-2-27-13-20(31-26-27)25-19(29)14-32-22-24-18(12-15-7-6-8-16(23)11-15)21(30)28(22)17-9-4-3-5-10-17/h3-13H,2,14H2,1H3/b18-12+. The van der Waals surface area contributed by atoms with Crippen molar-refractivity contribution in [1.82, 2.24) is 5.27 Å². The zero-order chi connectivity index (χ0) is 22.5. The monoisotopic (exact) mass is 467 g/mol. The lowest BCUT2D eigenvalue weighted by Gasteiger charge is -2.18. The molecule has 0 atom stereocenters. The van der Waals surface area contributed by atoms with Crippen LogP contribution < -0.4 is 14.7 Å². The number of hydrogen-bond donors (Lipinski definition) is 0. The Morgan fingerprint density at radius 1 is 1.28 bits per heavy atom. The van der Waals surface area contributed by atoms with Gasteiger partial charge in [-0.05, 0) is 48.7 Å². The molecule has 0 saturated heterocycles. The second-order valence-corrected chi connectivity index (χ2v) is 8.02. The van der Waals surface area contributed by atoms with Gasteiger partial charge in [-0.15, -0.1) is 0 Å². The highest BCUT2D eigenvalue weighted by Crippen LogP contribution is 2.29. The van der Waals surface area contributed by atoms with Gasteiger partial charge in [-0.2, -0.15) is 0 Å². The molecule has 2 heterocycles. The predicted molar refractivity (Wildman–Crippen MR) is 123 cm³/mol. The largest absolute Gasteiger partial charge is 0.861 e. The van der Waals surface area contributed by atoms with E-state index in [0.29, 0.717) is 22.4 Å². The van der Waals surface area contributed by atoms with Crippen molar-refractivity contribution in [3.05, 3.63) is 77.1 Å². The van der Waals surface area contributed by atoms with Gasteiger partial charge in [0, 0.05) is 10.8 Å². The molecule has 0 radical (unpaired) electrons. The second kappa shape index (κ2) is 9.80. The zero-order valence-corrected chi connectivity index (χ0v) is 18.6. The van der Waals surface area contributed by atoms with Gasteiger partial charge in [0.05, 0.1) is 5.69 Å². The van der Waals surface area contributed by atoms with E-state index in [1.807, 2.05) is 31.2 Å². The van der Waals surface area contributed by atoms with Crippen LogP contribution in [0.2, 0.25) is 5.02 Å². The number of amidine groups is 1. The van der Waals surface area contributed by atoms with Crippen molar-refractivity contribution in [3.8, 4) is 0 Å². The Hall–Kier alpha value is -3.43. The van der Waals surface area contributed by atoms with E-state index in [-0.39, 0.29) is 23.2 Å². The SMILES string of the molecule is CC[n+]1cc(/N=C(/[O-])CSC2=N/C(=C/c3cccc(Cl)c3)C(=O)N2c2ccccc2)on1. The number of benzene rings is 2. The highest BCUT2D eigenvalue weighted by Gasteiger charge is 2.31. The van der Waals surface area contributed by atoms with E-state index in [0.717, 1.165) is 17.3 Å². The van der Waals surface area contributed by atoms with Crippen LogP contribution in [0.4, 0.5) is 11.6 Å². The first-order chi connectivity index (χ1) is 15.5. The Bertz CT molecular complexity index is 1220. The summed E-state index contributed by atoms with van der Waals surface area (Å²) in [6.07, 6.45) is 3.21. The minimum absolute atomic E-state index is 0.0211. The van der Waals surface area contributed by atoms with Crippen LogP contribution in [-0.4, -0.2) is 28.0 Å². The Morgan fingerprint density at radius 3 is 2.81 bits per heavy atom. The third-order valence-corrected chi connectivity index (χ3v) is 5.54. The number of para-hydroxylation sites is 1. The van der Waals surface area contributed by atoms with Gasteiger partial charge in [0.15, 0.2) is 11.7 Å². The maximum atomic E-state index is 13.1. The normalized spacial score (nSPS) is 15.5. The number of carbonyl (C=O) groups excluding carboxylic acids is 1. The van der Waals surface area contributed by atoms with Gasteiger partial charge in [0.1, 0.15) is 5.70 Å². The molecular formula is C22H18ClN5O3S. The highest BCUT2D eigenvalue weighted by molar-refractivity contribution is 8.14. The predicted octanol–water partition coefficient (Wildman–Crippen LogP) is 3.20. The highest BCUT2D eigenvalue weighted by atomic mass is 35.5. The first kappa shape index (κ1) is 21.8. The van der Waals surface area contributed by atoms with Crippen molar-refractivity contribution in [1.29, 1.82) is 0 Å². The summed E-state index contributed by atoms with van der Waals surface area (Å²) in [4.78, 5) is 23.0. The van der Waals surface area contributed by atoms with Crippen molar-refractivity contribution >= 4 is 58.0 Å². The lowest BCUT2D eigenvalue weighted by Crippen LogP contribution is -2.32.